The second kappa shape index (κ2) is 23.1. The van der Waals surface area contributed by atoms with E-state index >= 15 is 0 Å². The van der Waals surface area contributed by atoms with E-state index in [1.807, 2.05) is 6.92 Å². The van der Waals surface area contributed by atoms with Gasteiger partial charge in [0.25, 0.3) is 0 Å². The summed E-state index contributed by atoms with van der Waals surface area (Å²) in [7, 11) is 0. The zero-order chi connectivity index (χ0) is 22.3. The Morgan fingerprint density at radius 3 is 1.47 bits per heavy atom. The minimum absolute atomic E-state index is 0.0265. The number of carbonyl (C=O) groups excluding carboxylic acids is 1. The summed E-state index contributed by atoms with van der Waals surface area (Å²) >= 11 is 0. The van der Waals surface area contributed by atoms with Gasteiger partial charge in [-0.15, -0.1) is 0 Å². The SMILES string of the molecule is CCCCCCCCCCCCCCC(CCCCC)COC(=O)C(C)CCCC. The zero-order valence-electron chi connectivity index (χ0n) is 21.3. The van der Waals surface area contributed by atoms with E-state index in [4.69, 9.17) is 4.74 Å². The largest absolute Gasteiger partial charge is 0.465 e. The van der Waals surface area contributed by atoms with Crippen molar-refractivity contribution in [1.29, 1.82) is 0 Å². The van der Waals surface area contributed by atoms with Crippen LogP contribution in [0.3, 0.4) is 0 Å². The minimum atomic E-state index is 0.0265. The molecule has 0 saturated heterocycles. The number of rotatable bonds is 23. The van der Waals surface area contributed by atoms with Crippen LogP contribution >= 0.6 is 0 Å². The first-order valence-electron chi connectivity index (χ1n) is 13.8. The predicted molar refractivity (Wildman–Crippen MR) is 133 cm³/mol. The fourth-order valence-corrected chi connectivity index (χ4v) is 4.24. The van der Waals surface area contributed by atoms with Crippen molar-refractivity contribution in [3.8, 4) is 0 Å². The number of hydrogen-bond acceptors (Lipinski definition) is 2. The highest BCUT2D eigenvalue weighted by Gasteiger charge is 2.16. The van der Waals surface area contributed by atoms with Crippen LogP contribution < -0.4 is 0 Å². The van der Waals surface area contributed by atoms with Crippen molar-refractivity contribution < 1.29 is 9.53 Å². The van der Waals surface area contributed by atoms with E-state index in [2.05, 4.69) is 20.8 Å². The molecule has 0 fully saturated rings. The van der Waals surface area contributed by atoms with Crippen LogP contribution in [-0.2, 0) is 9.53 Å². The molecule has 0 aliphatic carbocycles. The normalized spacial score (nSPS) is 13.3. The number of unbranched alkanes of at least 4 members (excludes halogenated alkanes) is 14. The molecule has 0 amide bonds. The molecule has 0 aromatic rings. The molecule has 0 aromatic heterocycles. The van der Waals surface area contributed by atoms with Crippen LogP contribution in [0.1, 0.15) is 156 Å². The smallest absolute Gasteiger partial charge is 0.308 e. The molecule has 2 unspecified atom stereocenters. The molecule has 2 atom stereocenters. The molecule has 180 valence electrons. The van der Waals surface area contributed by atoms with Gasteiger partial charge in [-0.3, -0.25) is 4.79 Å². The van der Waals surface area contributed by atoms with Crippen LogP contribution in [0, 0.1) is 11.8 Å². The van der Waals surface area contributed by atoms with Crippen LogP contribution in [0.15, 0.2) is 0 Å². The lowest BCUT2D eigenvalue weighted by atomic mass is 9.95. The molecule has 0 saturated carbocycles. The molecule has 0 spiro atoms. The molecular weight excluding hydrogens is 368 g/mol. The van der Waals surface area contributed by atoms with Crippen molar-refractivity contribution in [3.63, 3.8) is 0 Å². The average molecular weight is 425 g/mol. The van der Waals surface area contributed by atoms with Gasteiger partial charge in [0, 0.05) is 0 Å². The Kier molecular flexibility index (Phi) is 22.7. The Bertz CT molecular complexity index is 353. The van der Waals surface area contributed by atoms with Gasteiger partial charge in [-0.1, -0.05) is 137 Å². The van der Waals surface area contributed by atoms with Crippen molar-refractivity contribution >= 4 is 5.97 Å². The van der Waals surface area contributed by atoms with Crippen LogP contribution in [0.4, 0.5) is 0 Å². The summed E-state index contributed by atoms with van der Waals surface area (Å²) in [5.41, 5.74) is 0. The monoisotopic (exact) mass is 424 g/mol. The minimum Gasteiger partial charge on any atom is -0.465 e. The van der Waals surface area contributed by atoms with Gasteiger partial charge in [0.2, 0.25) is 0 Å². The molecule has 0 bridgehead atoms. The molecule has 0 rings (SSSR count). The summed E-state index contributed by atoms with van der Waals surface area (Å²) in [6, 6.07) is 0. The highest BCUT2D eigenvalue weighted by molar-refractivity contribution is 5.71. The van der Waals surface area contributed by atoms with Gasteiger partial charge in [-0.2, -0.15) is 0 Å². The Labute approximate surface area is 190 Å². The maximum atomic E-state index is 12.2. The van der Waals surface area contributed by atoms with Gasteiger partial charge in [0.1, 0.15) is 0 Å². The third-order valence-electron chi connectivity index (χ3n) is 6.54. The van der Waals surface area contributed by atoms with E-state index in [9.17, 15) is 4.79 Å². The van der Waals surface area contributed by atoms with Crippen molar-refractivity contribution in [1.82, 2.24) is 0 Å². The Hall–Kier alpha value is -0.530. The van der Waals surface area contributed by atoms with E-state index in [1.165, 1.54) is 109 Å². The lowest BCUT2D eigenvalue weighted by Gasteiger charge is -2.18. The number of ether oxygens (including phenoxy) is 1. The Morgan fingerprint density at radius 1 is 0.567 bits per heavy atom. The first-order valence-corrected chi connectivity index (χ1v) is 13.8. The molecule has 2 nitrogen and oxygen atoms in total. The zero-order valence-corrected chi connectivity index (χ0v) is 21.3. The second-order valence-electron chi connectivity index (χ2n) is 9.71. The summed E-state index contributed by atoms with van der Waals surface area (Å²) in [6.45, 7) is 9.40. The van der Waals surface area contributed by atoms with Crippen molar-refractivity contribution in [2.24, 2.45) is 11.8 Å². The van der Waals surface area contributed by atoms with Gasteiger partial charge in [0.05, 0.1) is 12.5 Å². The Balaban J connectivity index is 3.83. The average Bonchev–Trinajstić information content (AvgIpc) is 2.75. The summed E-state index contributed by atoms with van der Waals surface area (Å²) in [5.74, 6) is 0.661. The summed E-state index contributed by atoms with van der Waals surface area (Å²) in [5, 5.41) is 0. The molecule has 0 heterocycles. The maximum Gasteiger partial charge on any atom is 0.308 e. The van der Waals surface area contributed by atoms with Crippen molar-refractivity contribution in [2.75, 3.05) is 6.61 Å². The van der Waals surface area contributed by atoms with Gasteiger partial charge in [0.15, 0.2) is 0 Å². The van der Waals surface area contributed by atoms with Crippen LogP contribution in [0.5, 0.6) is 0 Å². The highest BCUT2D eigenvalue weighted by Crippen LogP contribution is 2.20. The fraction of sp³-hybridized carbons (Fsp3) is 0.964. The van der Waals surface area contributed by atoms with Crippen molar-refractivity contribution in [3.05, 3.63) is 0 Å². The Morgan fingerprint density at radius 2 is 0.967 bits per heavy atom. The third kappa shape index (κ3) is 19.4. The van der Waals surface area contributed by atoms with E-state index in [1.54, 1.807) is 0 Å². The van der Waals surface area contributed by atoms with E-state index in [0.717, 1.165) is 19.3 Å². The summed E-state index contributed by atoms with van der Waals surface area (Å²) in [4.78, 5) is 12.2. The molecule has 30 heavy (non-hydrogen) atoms. The topological polar surface area (TPSA) is 26.3 Å². The molecule has 0 aromatic carbocycles. The quantitative estimate of drug-likeness (QED) is 0.120. The standard InChI is InChI=1S/C28H56O2/c1-5-8-11-12-13-14-15-16-17-18-19-21-24-27(23-20-9-6-2)25-30-28(29)26(4)22-10-7-3/h26-27H,5-25H2,1-4H3. The number of hydrogen-bond donors (Lipinski definition) is 0. The van der Waals surface area contributed by atoms with E-state index in [-0.39, 0.29) is 11.9 Å². The lowest BCUT2D eigenvalue weighted by molar-refractivity contribution is -0.149. The first-order chi connectivity index (χ1) is 14.7. The first kappa shape index (κ1) is 29.5. The second-order valence-corrected chi connectivity index (χ2v) is 9.71. The van der Waals surface area contributed by atoms with Crippen LogP contribution in [0.25, 0.3) is 0 Å². The maximum absolute atomic E-state index is 12.2. The molecule has 0 N–H and O–H groups in total. The number of esters is 1. The van der Waals surface area contributed by atoms with Gasteiger partial charge < -0.3 is 4.74 Å². The van der Waals surface area contributed by atoms with Crippen LogP contribution in [-0.4, -0.2) is 12.6 Å². The summed E-state index contributed by atoms with van der Waals surface area (Å²) < 4.78 is 5.71. The molecule has 0 aliphatic heterocycles. The van der Waals surface area contributed by atoms with E-state index < -0.39 is 0 Å². The fourth-order valence-electron chi connectivity index (χ4n) is 4.24. The van der Waals surface area contributed by atoms with Gasteiger partial charge in [-0.05, 0) is 25.2 Å². The summed E-state index contributed by atoms with van der Waals surface area (Å²) in [6.07, 6.45) is 26.3. The molecule has 0 aliphatic rings. The molecule has 2 heteroatoms. The molecule has 0 radical (unpaired) electrons. The molecular formula is C28H56O2. The van der Waals surface area contributed by atoms with Gasteiger partial charge in [-0.25, -0.2) is 0 Å². The van der Waals surface area contributed by atoms with Crippen molar-refractivity contribution in [2.45, 2.75) is 156 Å². The van der Waals surface area contributed by atoms with E-state index in [0.29, 0.717) is 12.5 Å². The predicted octanol–water partition coefficient (Wildman–Crippen LogP) is 9.64. The van der Waals surface area contributed by atoms with Crippen LogP contribution in [0.2, 0.25) is 0 Å². The number of carbonyl (C=O) groups is 1. The lowest BCUT2D eigenvalue weighted by Crippen LogP contribution is -2.19. The highest BCUT2D eigenvalue weighted by atomic mass is 16.5. The van der Waals surface area contributed by atoms with Gasteiger partial charge >= 0.3 is 5.97 Å². The third-order valence-corrected chi connectivity index (χ3v) is 6.54.